The molecule has 0 fully saturated rings. The maximum Gasteiger partial charge on any atom is 0.273 e. The van der Waals surface area contributed by atoms with Crippen molar-refractivity contribution in [1.82, 2.24) is 24.9 Å². The molecule has 3 N–H and O–H groups in total. The van der Waals surface area contributed by atoms with E-state index in [9.17, 15) is 14.0 Å². The van der Waals surface area contributed by atoms with E-state index in [2.05, 4.69) is 15.3 Å². The molecular formula is C24H21ClFN7O2. The lowest BCUT2D eigenvalue weighted by Gasteiger charge is -2.28. The van der Waals surface area contributed by atoms with Gasteiger partial charge >= 0.3 is 0 Å². The van der Waals surface area contributed by atoms with Crippen molar-refractivity contribution in [2.24, 2.45) is 5.73 Å². The molecule has 0 aliphatic carbocycles. The fraction of sp³-hybridized carbons (Fsp3) is 0.208. The van der Waals surface area contributed by atoms with Crippen LogP contribution in [-0.2, 0) is 17.8 Å². The summed E-state index contributed by atoms with van der Waals surface area (Å²) >= 11 is 0. The SMILES string of the molecule is Cc1cc(C#N)cc(F)c1-n1nc2c(-c3ccc4c(c3)CN(C(=O)CN)CC4)n[nH]c2cc1=O.Cl. The van der Waals surface area contributed by atoms with Gasteiger partial charge < -0.3 is 10.6 Å². The second kappa shape index (κ2) is 9.29. The van der Waals surface area contributed by atoms with Gasteiger partial charge in [0.15, 0.2) is 5.82 Å². The van der Waals surface area contributed by atoms with E-state index in [1.165, 1.54) is 12.1 Å². The molecule has 178 valence electrons. The predicted octanol–water partition coefficient (Wildman–Crippen LogP) is 2.36. The highest BCUT2D eigenvalue weighted by Crippen LogP contribution is 2.29. The highest BCUT2D eigenvalue weighted by molar-refractivity contribution is 5.89. The van der Waals surface area contributed by atoms with Gasteiger partial charge in [-0.25, -0.2) is 4.39 Å². The first-order chi connectivity index (χ1) is 16.4. The maximum atomic E-state index is 14.8. The van der Waals surface area contributed by atoms with Gasteiger partial charge in [0.25, 0.3) is 5.56 Å². The smallest absolute Gasteiger partial charge is 0.273 e. The minimum Gasteiger partial charge on any atom is -0.337 e. The Morgan fingerprint density at radius 2 is 2.06 bits per heavy atom. The molecule has 9 nitrogen and oxygen atoms in total. The number of aromatic nitrogens is 4. The average molecular weight is 494 g/mol. The molecule has 3 heterocycles. The van der Waals surface area contributed by atoms with Gasteiger partial charge in [0.1, 0.15) is 16.9 Å². The van der Waals surface area contributed by atoms with Crippen LogP contribution in [0.2, 0.25) is 0 Å². The first-order valence-electron chi connectivity index (χ1n) is 10.7. The monoisotopic (exact) mass is 493 g/mol. The number of nitrogens with one attached hydrogen (secondary N) is 1. The Kier molecular flexibility index (Phi) is 6.39. The Hall–Kier alpha value is -4.07. The second-order valence-electron chi connectivity index (χ2n) is 8.22. The third kappa shape index (κ3) is 4.16. The number of aromatic amines is 1. The molecule has 1 aliphatic rings. The molecule has 0 spiro atoms. The summed E-state index contributed by atoms with van der Waals surface area (Å²) in [4.78, 5) is 26.5. The molecule has 1 amide bonds. The van der Waals surface area contributed by atoms with Crippen molar-refractivity contribution in [3.63, 3.8) is 0 Å². The van der Waals surface area contributed by atoms with Crippen LogP contribution in [0, 0.1) is 24.1 Å². The highest BCUT2D eigenvalue weighted by Gasteiger charge is 2.22. The number of H-pyrrole nitrogens is 1. The molecule has 35 heavy (non-hydrogen) atoms. The second-order valence-corrected chi connectivity index (χ2v) is 8.22. The first kappa shape index (κ1) is 24.1. The number of benzene rings is 2. The number of fused-ring (bicyclic) bond motifs is 2. The zero-order valence-electron chi connectivity index (χ0n) is 18.7. The number of halogens is 2. The number of nitriles is 1. The summed E-state index contributed by atoms with van der Waals surface area (Å²) in [5, 5.41) is 20.7. The molecule has 4 aromatic rings. The van der Waals surface area contributed by atoms with Crippen LogP contribution in [-0.4, -0.2) is 43.9 Å². The normalized spacial score (nSPS) is 12.7. The largest absolute Gasteiger partial charge is 0.337 e. The Morgan fingerprint density at radius 3 is 2.77 bits per heavy atom. The van der Waals surface area contributed by atoms with Gasteiger partial charge in [-0.15, -0.1) is 12.4 Å². The van der Waals surface area contributed by atoms with Crippen LogP contribution in [0.1, 0.15) is 22.3 Å². The predicted molar refractivity (Wildman–Crippen MR) is 130 cm³/mol. The van der Waals surface area contributed by atoms with Crippen LogP contribution in [0.25, 0.3) is 28.0 Å². The Balaban J connectivity index is 0.00000289. The van der Waals surface area contributed by atoms with Gasteiger partial charge in [-0.2, -0.15) is 20.1 Å². The van der Waals surface area contributed by atoms with E-state index in [0.717, 1.165) is 33.9 Å². The van der Waals surface area contributed by atoms with E-state index in [1.807, 2.05) is 24.3 Å². The Labute approximate surface area is 205 Å². The summed E-state index contributed by atoms with van der Waals surface area (Å²) in [6, 6.07) is 11.7. The Bertz CT molecular complexity index is 1550. The van der Waals surface area contributed by atoms with Crippen LogP contribution in [0.15, 0.2) is 41.2 Å². The summed E-state index contributed by atoms with van der Waals surface area (Å²) in [6.07, 6.45) is 0.734. The number of hydrogen-bond acceptors (Lipinski definition) is 6. The molecule has 0 saturated heterocycles. The molecule has 5 rings (SSSR count). The number of nitrogens with zero attached hydrogens (tertiary/aromatic N) is 5. The number of hydrogen-bond donors (Lipinski definition) is 2. The van der Waals surface area contributed by atoms with Gasteiger partial charge in [0.2, 0.25) is 5.91 Å². The van der Waals surface area contributed by atoms with E-state index in [4.69, 9.17) is 11.0 Å². The number of aryl methyl sites for hydroxylation is 1. The number of nitrogens with two attached hydrogens (primary N) is 1. The van der Waals surface area contributed by atoms with Gasteiger partial charge in [-0.1, -0.05) is 12.1 Å². The van der Waals surface area contributed by atoms with Crippen LogP contribution < -0.4 is 11.3 Å². The third-order valence-corrected chi connectivity index (χ3v) is 6.06. The number of carbonyl (C=O) groups excluding carboxylic acids is 1. The molecule has 2 aromatic carbocycles. The summed E-state index contributed by atoms with van der Waals surface area (Å²) in [7, 11) is 0. The van der Waals surface area contributed by atoms with E-state index < -0.39 is 11.4 Å². The van der Waals surface area contributed by atoms with E-state index in [0.29, 0.717) is 35.4 Å². The maximum absolute atomic E-state index is 14.8. The average Bonchev–Trinajstić information content (AvgIpc) is 3.24. The van der Waals surface area contributed by atoms with Crippen molar-refractivity contribution in [3.8, 4) is 23.0 Å². The molecule has 0 saturated carbocycles. The van der Waals surface area contributed by atoms with Crippen molar-refractivity contribution in [1.29, 1.82) is 5.26 Å². The number of carbonyl (C=O) groups is 1. The summed E-state index contributed by atoms with van der Waals surface area (Å²) in [5.41, 5.74) is 9.74. The highest BCUT2D eigenvalue weighted by atomic mass is 35.5. The molecule has 0 unspecified atom stereocenters. The molecule has 1 aliphatic heterocycles. The summed E-state index contributed by atoms with van der Waals surface area (Å²) in [5.74, 6) is -0.819. The minimum absolute atomic E-state index is 0. The van der Waals surface area contributed by atoms with Gasteiger partial charge in [-0.3, -0.25) is 14.7 Å². The molecule has 0 atom stereocenters. The summed E-state index contributed by atoms with van der Waals surface area (Å²) < 4.78 is 15.8. The van der Waals surface area contributed by atoms with E-state index in [1.54, 1.807) is 11.8 Å². The topological polar surface area (TPSA) is 134 Å². The zero-order valence-corrected chi connectivity index (χ0v) is 19.5. The van der Waals surface area contributed by atoms with Crippen LogP contribution in [0.4, 0.5) is 4.39 Å². The van der Waals surface area contributed by atoms with Crippen molar-refractivity contribution in [2.75, 3.05) is 13.1 Å². The van der Waals surface area contributed by atoms with Gasteiger partial charge in [0, 0.05) is 24.7 Å². The van der Waals surface area contributed by atoms with E-state index in [-0.39, 0.29) is 36.1 Å². The minimum atomic E-state index is -0.714. The quantitative estimate of drug-likeness (QED) is 0.450. The van der Waals surface area contributed by atoms with Crippen molar-refractivity contribution in [2.45, 2.75) is 19.9 Å². The molecule has 0 bridgehead atoms. The number of amides is 1. The van der Waals surface area contributed by atoms with Crippen molar-refractivity contribution >= 4 is 29.3 Å². The van der Waals surface area contributed by atoms with Crippen LogP contribution in [0.3, 0.4) is 0 Å². The van der Waals surface area contributed by atoms with Gasteiger partial charge in [0.05, 0.1) is 23.7 Å². The fourth-order valence-electron chi connectivity index (χ4n) is 4.36. The molecule has 2 aromatic heterocycles. The lowest BCUT2D eigenvalue weighted by molar-refractivity contribution is -0.130. The van der Waals surface area contributed by atoms with Gasteiger partial charge in [-0.05, 0) is 48.2 Å². The Morgan fingerprint density at radius 1 is 1.26 bits per heavy atom. The molecule has 11 heteroatoms. The van der Waals surface area contributed by atoms with E-state index >= 15 is 0 Å². The third-order valence-electron chi connectivity index (χ3n) is 6.06. The van der Waals surface area contributed by atoms with Crippen molar-refractivity contribution < 1.29 is 9.18 Å². The van der Waals surface area contributed by atoms with Crippen LogP contribution in [0.5, 0.6) is 0 Å². The lowest BCUT2D eigenvalue weighted by atomic mass is 9.96. The van der Waals surface area contributed by atoms with Crippen LogP contribution >= 0.6 is 12.4 Å². The standard InChI is InChI=1S/C24H20FN7O2.ClH/c1-13-6-14(10-26)7-18(25)24(13)32-20(33)9-19-23(30-32)22(29-28-19)16-3-2-15-4-5-31(21(34)11-27)12-17(15)8-16;/h2-3,6-9,28H,4-5,11-12,27H2,1H3;1H. The summed E-state index contributed by atoms with van der Waals surface area (Å²) in [6.45, 7) is 2.66. The fourth-order valence-corrected chi connectivity index (χ4v) is 4.36. The molecule has 0 radical (unpaired) electrons. The lowest BCUT2D eigenvalue weighted by Crippen LogP contribution is -2.39. The molecular weight excluding hydrogens is 473 g/mol. The number of rotatable bonds is 3. The first-order valence-corrected chi connectivity index (χ1v) is 10.7. The van der Waals surface area contributed by atoms with Crippen molar-refractivity contribution in [3.05, 3.63) is 74.8 Å². The zero-order chi connectivity index (χ0) is 24.0.